The van der Waals surface area contributed by atoms with E-state index in [1.165, 1.54) is 0 Å². The minimum atomic E-state index is -0.444. The Balaban J connectivity index is 1.56. The van der Waals surface area contributed by atoms with Crippen molar-refractivity contribution in [3.05, 3.63) is 41.5 Å². The van der Waals surface area contributed by atoms with E-state index in [-0.39, 0.29) is 18.2 Å². The number of para-hydroxylation sites is 1. The highest BCUT2D eigenvalue weighted by Gasteiger charge is 2.32. The molecule has 0 spiro atoms. The SMILES string of the molecule is CN(Cc1nnc2n1CCC2)C(=O)C1CC(=O)Nc2ccccc21. The van der Waals surface area contributed by atoms with Crippen molar-refractivity contribution in [3.8, 4) is 0 Å². The molecule has 1 aromatic heterocycles. The van der Waals surface area contributed by atoms with E-state index in [1.54, 1.807) is 11.9 Å². The van der Waals surface area contributed by atoms with Gasteiger partial charge in [0.25, 0.3) is 0 Å². The van der Waals surface area contributed by atoms with Crippen LogP contribution in [0.1, 0.15) is 36.0 Å². The van der Waals surface area contributed by atoms with E-state index in [9.17, 15) is 9.59 Å². The van der Waals surface area contributed by atoms with E-state index in [0.717, 1.165) is 42.3 Å². The number of aromatic nitrogens is 3. The average molecular weight is 325 g/mol. The third-order valence-corrected chi connectivity index (χ3v) is 4.74. The lowest BCUT2D eigenvalue weighted by Gasteiger charge is -2.28. The molecule has 24 heavy (non-hydrogen) atoms. The number of likely N-dealkylation sites (N-methyl/N-ethyl adjacent to an activating group) is 1. The van der Waals surface area contributed by atoms with Gasteiger partial charge in [-0.1, -0.05) is 18.2 Å². The van der Waals surface area contributed by atoms with E-state index in [1.807, 2.05) is 24.3 Å². The minimum Gasteiger partial charge on any atom is -0.338 e. The lowest BCUT2D eigenvalue weighted by molar-refractivity contribution is -0.134. The maximum Gasteiger partial charge on any atom is 0.230 e. The zero-order chi connectivity index (χ0) is 16.7. The molecule has 7 heteroatoms. The highest BCUT2D eigenvalue weighted by Crippen LogP contribution is 2.33. The molecular weight excluding hydrogens is 306 g/mol. The van der Waals surface area contributed by atoms with E-state index in [4.69, 9.17) is 0 Å². The molecule has 0 fully saturated rings. The van der Waals surface area contributed by atoms with Crippen LogP contribution in [0.3, 0.4) is 0 Å². The van der Waals surface area contributed by atoms with E-state index in [2.05, 4.69) is 20.1 Å². The van der Waals surface area contributed by atoms with Gasteiger partial charge in [-0.15, -0.1) is 10.2 Å². The molecule has 0 saturated heterocycles. The van der Waals surface area contributed by atoms with Crippen LogP contribution in [0.4, 0.5) is 5.69 Å². The van der Waals surface area contributed by atoms with Crippen molar-refractivity contribution in [1.82, 2.24) is 19.7 Å². The lowest BCUT2D eigenvalue weighted by atomic mass is 9.89. The van der Waals surface area contributed by atoms with Crippen molar-refractivity contribution in [1.29, 1.82) is 0 Å². The molecule has 2 aliphatic heterocycles. The summed E-state index contributed by atoms with van der Waals surface area (Å²) < 4.78 is 2.09. The van der Waals surface area contributed by atoms with Crippen LogP contribution in [0.25, 0.3) is 0 Å². The summed E-state index contributed by atoms with van der Waals surface area (Å²) in [6, 6.07) is 7.48. The van der Waals surface area contributed by atoms with Crippen molar-refractivity contribution in [2.24, 2.45) is 0 Å². The number of benzene rings is 1. The van der Waals surface area contributed by atoms with Crippen LogP contribution >= 0.6 is 0 Å². The first-order valence-corrected chi connectivity index (χ1v) is 8.18. The summed E-state index contributed by atoms with van der Waals surface area (Å²) in [7, 11) is 1.76. The van der Waals surface area contributed by atoms with Crippen LogP contribution < -0.4 is 5.32 Å². The zero-order valence-electron chi connectivity index (χ0n) is 13.5. The summed E-state index contributed by atoms with van der Waals surface area (Å²) in [4.78, 5) is 26.5. The fraction of sp³-hybridized carbons (Fsp3) is 0.412. The van der Waals surface area contributed by atoms with Crippen LogP contribution in [0, 0.1) is 0 Å². The molecule has 1 aromatic carbocycles. The summed E-state index contributed by atoms with van der Waals surface area (Å²) in [5.74, 6) is 1.18. The third-order valence-electron chi connectivity index (χ3n) is 4.74. The first-order valence-electron chi connectivity index (χ1n) is 8.18. The number of hydrogen-bond donors (Lipinski definition) is 1. The van der Waals surface area contributed by atoms with Gasteiger partial charge >= 0.3 is 0 Å². The van der Waals surface area contributed by atoms with E-state index < -0.39 is 5.92 Å². The Morgan fingerprint density at radius 3 is 3.08 bits per heavy atom. The average Bonchev–Trinajstić information content (AvgIpc) is 3.18. The molecule has 7 nitrogen and oxygen atoms in total. The molecule has 4 rings (SSSR count). The second kappa shape index (κ2) is 5.74. The molecule has 0 saturated carbocycles. The van der Waals surface area contributed by atoms with Crippen molar-refractivity contribution < 1.29 is 9.59 Å². The summed E-state index contributed by atoms with van der Waals surface area (Å²) in [6.07, 6.45) is 2.20. The van der Waals surface area contributed by atoms with Crippen molar-refractivity contribution in [2.75, 3.05) is 12.4 Å². The Morgan fingerprint density at radius 1 is 1.38 bits per heavy atom. The summed E-state index contributed by atoms with van der Waals surface area (Å²) in [6.45, 7) is 1.32. The van der Waals surface area contributed by atoms with Gasteiger partial charge in [-0.3, -0.25) is 9.59 Å². The highest BCUT2D eigenvalue weighted by atomic mass is 16.2. The lowest BCUT2D eigenvalue weighted by Crippen LogP contribution is -2.36. The van der Waals surface area contributed by atoms with Gasteiger partial charge in [0, 0.05) is 32.1 Å². The van der Waals surface area contributed by atoms with Gasteiger partial charge in [-0.2, -0.15) is 0 Å². The standard InChI is InChI=1S/C17H19N5O2/c1-21(10-15-20-19-14-7-4-8-22(14)15)17(24)12-9-16(23)18-13-6-3-2-5-11(12)13/h2-3,5-6,12H,4,7-10H2,1H3,(H,18,23). The maximum absolute atomic E-state index is 12.9. The molecule has 3 heterocycles. The number of anilines is 1. The molecule has 2 aliphatic rings. The molecule has 0 radical (unpaired) electrons. The third kappa shape index (κ3) is 2.46. The fourth-order valence-corrected chi connectivity index (χ4v) is 3.52. The van der Waals surface area contributed by atoms with Crippen LogP contribution in [-0.2, 0) is 29.1 Å². The second-order valence-corrected chi connectivity index (χ2v) is 6.37. The van der Waals surface area contributed by atoms with Gasteiger partial charge in [0.1, 0.15) is 5.82 Å². The smallest absolute Gasteiger partial charge is 0.230 e. The fourth-order valence-electron chi connectivity index (χ4n) is 3.52. The Bertz CT molecular complexity index is 813. The van der Waals surface area contributed by atoms with Gasteiger partial charge in [0.05, 0.1) is 12.5 Å². The van der Waals surface area contributed by atoms with Gasteiger partial charge in [-0.05, 0) is 18.1 Å². The maximum atomic E-state index is 12.9. The second-order valence-electron chi connectivity index (χ2n) is 6.37. The summed E-state index contributed by atoms with van der Waals surface area (Å²) in [5, 5.41) is 11.2. The minimum absolute atomic E-state index is 0.0624. The van der Waals surface area contributed by atoms with Crippen molar-refractivity contribution in [2.45, 2.75) is 38.3 Å². The van der Waals surface area contributed by atoms with Gasteiger partial charge in [0.2, 0.25) is 11.8 Å². The molecule has 1 N–H and O–H groups in total. The summed E-state index contributed by atoms with van der Waals surface area (Å²) in [5.41, 5.74) is 1.60. The van der Waals surface area contributed by atoms with E-state index >= 15 is 0 Å². The van der Waals surface area contributed by atoms with Crippen molar-refractivity contribution in [3.63, 3.8) is 0 Å². The Labute approximate surface area is 139 Å². The molecule has 2 amide bonds. The van der Waals surface area contributed by atoms with Crippen LogP contribution in [-0.4, -0.2) is 38.5 Å². The first kappa shape index (κ1) is 14.9. The Hall–Kier alpha value is -2.70. The van der Waals surface area contributed by atoms with Crippen LogP contribution in [0.15, 0.2) is 24.3 Å². The molecule has 0 bridgehead atoms. The number of nitrogens with one attached hydrogen (secondary N) is 1. The van der Waals surface area contributed by atoms with E-state index in [0.29, 0.717) is 6.54 Å². The number of carbonyl (C=O) groups excluding carboxylic acids is 2. The van der Waals surface area contributed by atoms with Crippen LogP contribution in [0.5, 0.6) is 0 Å². The zero-order valence-corrected chi connectivity index (χ0v) is 13.5. The van der Waals surface area contributed by atoms with Crippen LogP contribution in [0.2, 0.25) is 0 Å². The topological polar surface area (TPSA) is 80.1 Å². The van der Waals surface area contributed by atoms with Gasteiger partial charge < -0.3 is 14.8 Å². The predicted molar refractivity (Wildman–Crippen MR) is 87.2 cm³/mol. The normalized spacial score (nSPS) is 18.7. The van der Waals surface area contributed by atoms with Gasteiger partial charge in [-0.25, -0.2) is 0 Å². The largest absolute Gasteiger partial charge is 0.338 e. The number of rotatable bonds is 3. The monoisotopic (exact) mass is 325 g/mol. The quantitative estimate of drug-likeness (QED) is 0.923. The molecule has 2 aromatic rings. The Morgan fingerprint density at radius 2 is 2.21 bits per heavy atom. The predicted octanol–water partition coefficient (Wildman–Crippen LogP) is 1.31. The molecule has 1 atom stereocenters. The number of nitrogens with zero attached hydrogens (tertiary/aromatic N) is 4. The number of aryl methyl sites for hydroxylation is 1. The number of hydrogen-bond acceptors (Lipinski definition) is 4. The summed E-state index contributed by atoms with van der Waals surface area (Å²) >= 11 is 0. The van der Waals surface area contributed by atoms with Gasteiger partial charge in [0.15, 0.2) is 5.82 Å². The highest BCUT2D eigenvalue weighted by molar-refractivity contribution is 6.01. The number of fused-ring (bicyclic) bond motifs is 2. The number of carbonyl (C=O) groups is 2. The van der Waals surface area contributed by atoms with Crippen molar-refractivity contribution >= 4 is 17.5 Å². The molecule has 0 aliphatic carbocycles. The first-order chi connectivity index (χ1) is 11.6. The molecule has 1 unspecified atom stereocenters. The Kier molecular flexibility index (Phi) is 3.55. The molecule has 124 valence electrons. The number of amides is 2. The molecular formula is C17H19N5O2.